The summed E-state index contributed by atoms with van der Waals surface area (Å²) in [5, 5.41) is 16.2. The van der Waals surface area contributed by atoms with Crippen LogP contribution < -0.4 is 5.32 Å². The van der Waals surface area contributed by atoms with Crippen LogP contribution in [0.25, 0.3) is 10.9 Å². The second kappa shape index (κ2) is 6.29. The third-order valence-corrected chi connectivity index (χ3v) is 6.20. The van der Waals surface area contributed by atoms with E-state index in [1.165, 1.54) is 48.6 Å². The van der Waals surface area contributed by atoms with Crippen LogP contribution in [0.5, 0.6) is 0 Å². The summed E-state index contributed by atoms with van der Waals surface area (Å²) in [6, 6.07) is 8.77. The van der Waals surface area contributed by atoms with Crippen molar-refractivity contribution in [2.45, 2.75) is 63.0 Å². The summed E-state index contributed by atoms with van der Waals surface area (Å²) in [6.07, 6.45) is 11.4. The van der Waals surface area contributed by atoms with Gasteiger partial charge < -0.3 is 15.4 Å². The van der Waals surface area contributed by atoms with E-state index < -0.39 is 5.60 Å². The van der Waals surface area contributed by atoms with Crippen LogP contribution in [0.3, 0.4) is 0 Å². The van der Waals surface area contributed by atoms with Gasteiger partial charge in [-0.05, 0) is 56.2 Å². The van der Waals surface area contributed by atoms with Crippen LogP contribution in [0.4, 0.5) is 0 Å². The number of aliphatic hydroxyl groups is 1. The van der Waals surface area contributed by atoms with E-state index >= 15 is 0 Å². The van der Waals surface area contributed by atoms with Crippen molar-refractivity contribution in [2.24, 2.45) is 5.92 Å². The topological polar surface area (TPSA) is 48.0 Å². The summed E-state index contributed by atoms with van der Waals surface area (Å²) < 4.78 is 0. The Labute approximate surface area is 138 Å². The molecule has 2 aliphatic rings. The zero-order chi connectivity index (χ0) is 15.7. The maximum Gasteiger partial charge on any atom is 0.0827 e. The molecule has 0 saturated heterocycles. The third-order valence-electron chi connectivity index (χ3n) is 6.20. The van der Waals surface area contributed by atoms with E-state index in [0.717, 1.165) is 25.8 Å². The van der Waals surface area contributed by atoms with Crippen LogP contribution in [0, 0.1) is 5.92 Å². The Morgan fingerprint density at radius 3 is 2.96 bits per heavy atom. The predicted molar refractivity (Wildman–Crippen MR) is 94.6 cm³/mol. The average molecular weight is 312 g/mol. The Kier molecular flexibility index (Phi) is 4.16. The molecular formula is C20H28N2O. The largest absolute Gasteiger partial charge is 0.388 e. The van der Waals surface area contributed by atoms with Gasteiger partial charge in [0.15, 0.2) is 0 Å². The minimum Gasteiger partial charge on any atom is -0.388 e. The highest BCUT2D eigenvalue weighted by Crippen LogP contribution is 2.43. The number of benzene rings is 1. The minimum atomic E-state index is -0.448. The predicted octanol–water partition coefficient (Wildman–Crippen LogP) is 3.77. The van der Waals surface area contributed by atoms with Crippen LogP contribution >= 0.6 is 0 Å². The fraction of sp³-hybridized carbons (Fsp3) is 0.600. The normalized spacial score (nSPS) is 31.2. The first-order valence-corrected chi connectivity index (χ1v) is 9.28. The van der Waals surface area contributed by atoms with Crippen LogP contribution in [0.2, 0.25) is 0 Å². The Hall–Kier alpha value is -1.32. The Morgan fingerprint density at radius 2 is 2.00 bits per heavy atom. The first-order valence-electron chi connectivity index (χ1n) is 9.28. The van der Waals surface area contributed by atoms with E-state index in [1.54, 1.807) is 0 Å². The molecule has 4 rings (SSSR count). The number of nitrogens with one attached hydrogen (secondary N) is 2. The highest BCUT2D eigenvalue weighted by atomic mass is 16.3. The number of rotatable bonds is 4. The van der Waals surface area contributed by atoms with Crippen LogP contribution in [-0.2, 0) is 6.42 Å². The van der Waals surface area contributed by atoms with Crippen molar-refractivity contribution in [1.82, 2.24) is 10.3 Å². The van der Waals surface area contributed by atoms with Gasteiger partial charge in [0.25, 0.3) is 0 Å². The average Bonchev–Trinajstić information content (AvgIpc) is 2.98. The van der Waals surface area contributed by atoms with Gasteiger partial charge in [0, 0.05) is 23.1 Å². The first kappa shape index (κ1) is 15.2. The number of aromatic amines is 1. The Balaban J connectivity index is 1.40. The van der Waals surface area contributed by atoms with Crippen LogP contribution in [-0.4, -0.2) is 28.3 Å². The van der Waals surface area contributed by atoms with Crippen molar-refractivity contribution in [2.75, 3.05) is 6.54 Å². The lowest BCUT2D eigenvalue weighted by atomic mass is 9.65. The summed E-state index contributed by atoms with van der Waals surface area (Å²) >= 11 is 0. The molecule has 1 unspecified atom stereocenters. The Bertz CT molecular complexity index is 662. The van der Waals surface area contributed by atoms with Crippen LogP contribution in [0.15, 0.2) is 30.5 Å². The van der Waals surface area contributed by atoms with Gasteiger partial charge >= 0.3 is 0 Å². The zero-order valence-electron chi connectivity index (χ0n) is 13.9. The monoisotopic (exact) mass is 312 g/mol. The molecule has 3 atom stereocenters. The molecule has 1 aromatic carbocycles. The number of hydrogen-bond acceptors (Lipinski definition) is 2. The number of H-pyrrole nitrogens is 1. The van der Waals surface area contributed by atoms with E-state index in [1.807, 2.05) is 0 Å². The highest BCUT2D eigenvalue weighted by molar-refractivity contribution is 5.83. The Morgan fingerprint density at radius 1 is 1.13 bits per heavy atom. The lowest BCUT2D eigenvalue weighted by Gasteiger charge is -2.49. The van der Waals surface area contributed by atoms with Gasteiger partial charge in [0.05, 0.1) is 5.60 Å². The van der Waals surface area contributed by atoms with E-state index in [-0.39, 0.29) is 6.04 Å². The molecule has 124 valence electrons. The molecule has 2 aromatic rings. The lowest BCUT2D eigenvalue weighted by Crippen LogP contribution is -2.59. The molecule has 0 spiro atoms. The van der Waals surface area contributed by atoms with E-state index in [9.17, 15) is 5.11 Å². The van der Waals surface area contributed by atoms with Crippen LogP contribution in [0.1, 0.15) is 50.5 Å². The molecule has 0 amide bonds. The summed E-state index contributed by atoms with van der Waals surface area (Å²) in [5.41, 5.74) is 2.14. The molecule has 3 nitrogen and oxygen atoms in total. The molecule has 2 saturated carbocycles. The first-order chi connectivity index (χ1) is 11.3. The second-order valence-corrected chi connectivity index (χ2v) is 7.48. The smallest absolute Gasteiger partial charge is 0.0827 e. The quantitative estimate of drug-likeness (QED) is 0.805. The van der Waals surface area contributed by atoms with Crippen molar-refractivity contribution >= 4 is 10.9 Å². The SMILES string of the molecule is O[C@@]12CCCC[C@@H]1CCCC2NCCc1c[nH]c2ccccc12. The van der Waals surface area contributed by atoms with Crippen molar-refractivity contribution < 1.29 is 5.11 Å². The lowest BCUT2D eigenvalue weighted by molar-refractivity contribution is -0.0983. The second-order valence-electron chi connectivity index (χ2n) is 7.48. The fourth-order valence-corrected chi connectivity index (χ4v) is 4.92. The van der Waals surface area contributed by atoms with Crippen molar-refractivity contribution in [3.63, 3.8) is 0 Å². The molecule has 2 fully saturated rings. The summed E-state index contributed by atoms with van der Waals surface area (Å²) in [7, 11) is 0. The molecule has 0 bridgehead atoms. The standard InChI is InChI=1S/C20H28N2O/c23-20-12-4-3-6-16(20)7-5-10-19(20)21-13-11-15-14-22-18-9-2-1-8-17(15)18/h1-2,8-9,14,16,19,21-23H,3-7,10-13H2/t16-,19?,20+/m1/s1. The van der Waals surface area contributed by atoms with Gasteiger partial charge in [-0.15, -0.1) is 0 Å². The van der Waals surface area contributed by atoms with Gasteiger partial charge in [-0.25, -0.2) is 0 Å². The fourth-order valence-electron chi connectivity index (χ4n) is 4.92. The summed E-state index contributed by atoms with van der Waals surface area (Å²) in [4.78, 5) is 3.35. The summed E-state index contributed by atoms with van der Waals surface area (Å²) in [5.74, 6) is 0.524. The zero-order valence-corrected chi connectivity index (χ0v) is 13.9. The van der Waals surface area contributed by atoms with E-state index in [2.05, 4.69) is 40.8 Å². The number of fused-ring (bicyclic) bond motifs is 2. The van der Waals surface area contributed by atoms with Crippen molar-refractivity contribution in [3.8, 4) is 0 Å². The molecule has 2 aliphatic carbocycles. The van der Waals surface area contributed by atoms with Gasteiger partial charge in [-0.2, -0.15) is 0 Å². The molecule has 0 aliphatic heterocycles. The number of para-hydroxylation sites is 1. The van der Waals surface area contributed by atoms with E-state index in [0.29, 0.717) is 5.92 Å². The highest BCUT2D eigenvalue weighted by Gasteiger charge is 2.46. The third kappa shape index (κ3) is 2.81. The molecule has 1 aromatic heterocycles. The maximum absolute atomic E-state index is 11.2. The van der Waals surface area contributed by atoms with Gasteiger partial charge in [0.1, 0.15) is 0 Å². The van der Waals surface area contributed by atoms with Crippen molar-refractivity contribution in [1.29, 1.82) is 0 Å². The van der Waals surface area contributed by atoms with Gasteiger partial charge in [0.2, 0.25) is 0 Å². The molecule has 0 radical (unpaired) electrons. The maximum atomic E-state index is 11.2. The molecule has 23 heavy (non-hydrogen) atoms. The van der Waals surface area contributed by atoms with Gasteiger partial charge in [-0.3, -0.25) is 0 Å². The molecule has 1 heterocycles. The van der Waals surface area contributed by atoms with E-state index in [4.69, 9.17) is 0 Å². The molecular weight excluding hydrogens is 284 g/mol. The summed E-state index contributed by atoms with van der Waals surface area (Å²) in [6.45, 7) is 0.946. The molecule has 3 N–H and O–H groups in total. The van der Waals surface area contributed by atoms with Gasteiger partial charge in [-0.1, -0.05) is 37.5 Å². The minimum absolute atomic E-state index is 0.284. The number of hydrogen-bond donors (Lipinski definition) is 3. The molecule has 3 heteroatoms. The number of aromatic nitrogens is 1. The van der Waals surface area contributed by atoms with Crippen molar-refractivity contribution in [3.05, 3.63) is 36.0 Å².